The lowest BCUT2D eigenvalue weighted by Gasteiger charge is -2.53. The van der Waals surface area contributed by atoms with E-state index in [1.54, 1.807) is 0 Å². The maximum atomic E-state index is 12.4. The van der Waals surface area contributed by atoms with Crippen LogP contribution in [0.1, 0.15) is 167 Å². The van der Waals surface area contributed by atoms with Crippen molar-refractivity contribution in [3.8, 4) is 23.0 Å². The molecule has 2 aromatic carbocycles. The fraction of sp³-hybridized carbons (Fsp3) is 0.709. The monoisotopic (exact) mass is 927 g/mol. The molecular weight excluding hydrogens is 849 g/mol. The van der Waals surface area contributed by atoms with Gasteiger partial charge in [-0.15, -0.1) is 0 Å². The Kier molecular flexibility index (Phi) is 14.2. The van der Waals surface area contributed by atoms with Gasteiger partial charge in [0, 0.05) is 67.6 Å². The molecule has 10 rings (SSSR count). The molecule has 0 spiro atoms. The van der Waals surface area contributed by atoms with Crippen molar-refractivity contribution < 1.29 is 49.6 Å². The summed E-state index contributed by atoms with van der Waals surface area (Å²) in [7, 11) is 1.46. The minimum absolute atomic E-state index is 0.0656. The first-order valence-electron chi connectivity index (χ1n) is 26.2. The zero-order chi connectivity index (χ0) is 46.4. The summed E-state index contributed by atoms with van der Waals surface area (Å²) in [6, 6.07) is 9.87. The van der Waals surface area contributed by atoms with Crippen molar-refractivity contribution in [3.63, 3.8) is 0 Å². The second-order valence-electron chi connectivity index (χ2n) is 22.1. The van der Waals surface area contributed by atoms with Crippen molar-refractivity contribution in [2.75, 3.05) is 26.9 Å². The molecule has 7 aliphatic rings. The number of fused-ring (bicyclic) bond motifs is 9. The van der Waals surface area contributed by atoms with E-state index >= 15 is 0 Å². The van der Waals surface area contributed by atoms with Gasteiger partial charge < -0.3 is 59.9 Å². The number of rotatable bonds is 10. The number of methoxy groups -OCH3 is 1. The van der Waals surface area contributed by atoms with Gasteiger partial charge in [-0.2, -0.15) is 0 Å². The van der Waals surface area contributed by atoms with Crippen LogP contribution in [0.25, 0.3) is 0 Å². The number of phenolic OH excluding ortho intramolecular Hbond substituents is 1. The molecule has 3 aromatic rings. The standard InChI is InChI=1S/C55H78N2O10/c1-3-65-20-16-37-8-4-36-24-40-35(25-44(36)57-37)6-10-39-45(59)13-18-55(63)17-12-31(28-55)15-21-66-47-11-7-33(23-41(47)50(39)40)34-5-9-38-46(60)27-49(67-48(38)26-34)51-42(22-32-14-19-56-29-32)54(64-2)53(62)52(61)43(51)30-58/h7,11,14,19,23,29,31,34-40,44-46,48-50,56-63H,3-6,8-10,12-13,15-18,20-22,24-28,30H2,1-2H3/t31-,34-,35+,36-,37+,38-,39-,40-,44+,45-,46+,48+,49+,50+,55-/m1/s1. The molecule has 12 nitrogen and oxygen atoms in total. The number of ether oxygens (including phenoxy) is 4. The van der Waals surface area contributed by atoms with Gasteiger partial charge in [-0.3, -0.25) is 0 Å². The van der Waals surface area contributed by atoms with Crippen LogP contribution in [-0.4, -0.2) is 98.6 Å². The second kappa shape index (κ2) is 20.2. The van der Waals surface area contributed by atoms with Crippen LogP contribution in [0.3, 0.4) is 0 Å². The maximum absolute atomic E-state index is 12.4. The van der Waals surface area contributed by atoms with Gasteiger partial charge in [0.1, 0.15) is 5.75 Å². The molecule has 4 heterocycles. The predicted molar refractivity (Wildman–Crippen MR) is 254 cm³/mol. The molecular formula is C55H78N2O10. The van der Waals surface area contributed by atoms with Crippen molar-refractivity contribution >= 4 is 0 Å². The number of hydrogen-bond donors (Lipinski definition) is 8. The van der Waals surface area contributed by atoms with Crippen LogP contribution in [0.2, 0.25) is 0 Å². The van der Waals surface area contributed by atoms with Crippen LogP contribution >= 0.6 is 0 Å². The first kappa shape index (κ1) is 47.3. The van der Waals surface area contributed by atoms with Crippen molar-refractivity contribution in [1.82, 2.24) is 10.3 Å². The lowest BCUT2D eigenvalue weighted by atomic mass is 9.54. The summed E-state index contributed by atoms with van der Waals surface area (Å²) in [5, 5.41) is 73.1. The third kappa shape index (κ3) is 9.51. The number of benzene rings is 2. The average Bonchev–Trinajstić information content (AvgIpc) is 4.00. The first-order chi connectivity index (χ1) is 32.5. The van der Waals surface area contributed by atoms with Gasteiger partial charge in [0.25, 0.3) is 0 Å². The van der Waals surface area contributed by atoms with E-state index in [4.69, 9.17) is 18.9 Å². The predicted octanol–water partition coefficient (Wildman–Crippen LogP) is 8.43. The molecule has 15 atom stereocenters. The van der Waals surface area contributed by atoms with Crippen LogP contribution in [0.15, 0.2) is 36.7 Å². The number of phenols is 2. The van der Waals surface area contributed by atoms with Crippen LogP contribution in [0.4, 0.5) is 0 Å². The SMILES string of the molecule is CCOCC[C@@H]1CC[C@@H]2C[C@@H]3[C@@H](CC[C@H]4[C@@H]3c3cc([C@@H]5CC[C@H]6[C@H](C5)O[C@H](c5c(CO)c(O)c(O)c(OC)c5Cc5cc[nH]c5)C[C@@H]6O)ccc3OCC[C@H]3CC[C@@](O)(CC[C@H]4O)C3)C[C@@H]2N1. The second-order valence-corrected chi connectivity index (χ2v) is 22.1. The van der Waals surface area contributed by atoms with E-state index in [9.17, 15) is 30.6 Å². The molecule has 3 aliphatic heterocycles. The van der Waals surface area contributed by atoms with Gasteiger partial charge in [-0.25, -0.2) is 0 Å². The van der Waals surface area contributed by atoms with E-state index in [1.165, 1.54) is 37.5 Å². The molecule has 1 aromatic heterocycles. The zero-order valence-electron chi connectivity index (χ0n) is 39.9. The number of aromatic nitrogens is 1. The third-order valence-corrected chi connectivity index (χ3v) is 18.5. The van der Waals surface area contributed by atoms with Crippen molar-refractivity contribution in [2.24, 2.45) is 35.5 Å². The summed E-state index contributed by atoms with van der Waals surface area (Å²) in [6.45, 7) is 3.73. The summed E-state index contributed by atoms with van der Waals surface area (Å²) in [5.41, 5.74) is 4.08. The number of aromatic amines is 1. The Morgan fingerprint density at radius 2 is 1.67 bits per heavy atom. The van der Waals surface area contributed by atoms with Crippen LogP contribution in [0, 0.1) is 35.5 Å². The topological polar surface area (TPSA) is 186 Å². The zero-order valence-corrected chi connectivity index (χ0v) is 39.9. The Morgan fingerprint density at radius 1 is 0.836 bits per heavy atom. The molecule has 368 valence electrons. The Balaban J connectivity index is 0.964. The normalized spacial score (nSPS) is 37.5. The van der Waals surface area contributed by atoms with E-state index in [1.807, 2.05) is 18.5 Å². The van der Waals surface area contributed by atoms with E-state index in [-0.39, 0.29) is 41.1 Å². The number of H-pyrrole nitrogens is 1. The smallest absolute Gasteiger partial charge is 0.201 e. The minimum Gasteiger partial charge on any atom is -0.504 e. The molecule has 12 heteroatoms. The molecule has 0 radical (unpaired) electrons. The van der Waals surface area contributed by atoms with Crippen molar-refractivity contribution in [2.45, 2.75) is 183 Å². The average molecular weight is 927 g/mol. The number of aliphatic hydroxyl groups excluding tert-OH is 3. The highest BCUT2D eigenvalue weighted by Crippen LogP contribution is 2.58. The molecule has 8 N–H and O–H groups in total. The fourth-order valence-corrected chi connectivity index (χ4v) is 15.1. The summed E-state index contributed by atoms with van der Waals surface area (Å²) >= 11 is 0. The summed E-state index contributed by atoms with van der Waals surface area (Å²) < 4.78 is 25.5. The summed E-state index contributed by atoms with van der Waals surface area (Å²) in [6.07, 6.45) is 17.2. The molecule has 67 heavy (non-hydrogen) atoms. The largest absolute Gasteiger partial charge is 0.504 e. The molecule has 2 saturated heterocycles. The molecule has 4 saturated carbocycles. The van der Waals surface area contributed by atoms with E-state index in [0.717, 1.165) is 88.7 Å². The third-order valence-electron chi connectivity index (χ3n) is 18.5. The van der Waals surface area contributed by atoms with Gasteiger partial charge in [0.2, 0.25) is 5.75 Å². The van der Waals surface area contributed by atoms with E-state index in [2.05, 4.69) is 35.4 Å². The molecule has 6 fully saturated rings. The Bertz CT molecular complexity index is 2150. The number of nitrogens with one attached hydrogen (secondary N) is 2. The van der Waals surface area contributed by atoms with Gasteiger partial charge in [-0.05, 0) is 185 Å². The van der Waals surface area contributed by atoms with Crippen LogP contribution in [0.5, 0.6) is 23.0 Å². The summed E-state index contributed by atoms with van der Waals surface area (Å²) in [5.74, 6) is 2.51. The minimum atomic E-state index is -0.706. The van der Waals surface area contributed by atoms with Crippen molar-refractivity contribution in [3.05, 3.63) is 70.0 Å². The van der Waals surface area contributed by atoms with Gasteiger partial charge in [-0.1, -0.05) is 12.1 Å². The number of piperidine rings is 1. The van der Waals surface area contributed by atoms with Gasteiger partial charge in [0.15, 0.2) is 11.5 Å². The number of hydrogen-bond acceptors (Lipinski definition) is 11. The number of aliphatic hydroxyl groups is 4. The molecule has 0 amide bonds. The lowest BCUT2D eigenvalue weighted by Crippen LogP contribution is -2.54. The molecule has 4 aliphatic carbocycles. The van der Waals surface area contributed by atoms with Crippen molar-refractivity contribution in [1.29, 1.82) is 0 Å². The van der Waals surface area contributed by atoms with E-state index in [0.29, 0.717) is 85.6 Å². The highest BCUT2D eigenvalue weighted by Gasteiger charge is 2.51. The Morgan fingerprint density at radius 3 is 2.48 bits per heavy atom. The quantitative estimate of drug-likeness (QED) is 0.0721. The molecule has 2 bridgehead atoms. The summed E-state index contributed by atoms with van der Waals surface area (Å²) in [4.78, 5) is 3.09. The van der Waals surface area contributed by atoms with Gasteiger partial charge >= 0.3 is 0 Å². The maximum Gasteiger partial charge on any atom is 0.201 e. The highest BCUT2D eigenvalue weighted by molar-refractivity contribution is 5.64. The fourth-order valence-electron chi connectivity index (χ4n) is 15.1. The highest BCUT2D eigenvalue weighted by atomic mass is 16.5. The van der Waals surface area contributed by atoms with Gasteiger partial charge in [0.05, 0.1) is 50.3 Å². The van der Waals surface area contributed by atoms with Crippen LogP contribution < -0.4 is 14.8 Å². The first-order valence-corrected chi connectivity index (χ1v) is 26.2. The Labute approximate surface area is 397 Å². The number of aromatic hydroxyl groups is 2. The molecule has 0 unspecified atom stereocenters. The lowest BCUT2D eigenvalue weighted by molar-refractivity contribution is -0.154. The Hall–Kier alpha value is -3.36. The van der Waals surface area contributed by atoms with E-state index < -0.39 is 42.0 Å². The van der Waals surface area contributed by atoms with Crippen LogP contribution in [-0.2, 0) is 22.5 Å².